The van der Waals surface area contributed by atoms with Crippen molar-refractivity contribution in [3.05, 3.63) is 0 Å². The summed E-state index contributed by atoms with van der Waals surface area (Å²) in [6, 6.07) is 0. The molecule has 3 aliphatic heterocycles. The van der Waals surface area contributed by atoms with Gasteiger partial charge in [0.1, 0.15) is 6.71 Å². The van der Waals surface area contributed by atoms with E-state index in [1.165, 1.54) is 38.5 Å². The van der Waals surface area contributed by atoms with Gasteiger partial charge in [0.15, 0.2) is 0 Å². The van der Waals surface area contributed by atoms with Crippen LogP contribution in [0.15, 0.2) is 0 Å². The summed E-state index contributed by atoms with van der Waals surface area (Å²) in [6.07, 6.45) is 7.99. The van der Waals surface area contributed by atoms with Crippen LogP contribution < -0.4 is 0 Å². The maximum atomic E-state index is 2.68. The van der Waals surface area contributed by atoms with Crippen LogP contribution in [0, 0.1) is 0 Å². The van der Waals surface area contributed by atoms with E-state index in [0.29, 0.717) is 0 Å². The lowest BCUT2D eigenvalue weighted by Gasteiger charge is -2.61. The molecule has 3 saturated heterocycles. The second-order valence-electron chi connectivity index (χ2n) is 16.6. The van der Waals surface area contributed by atoms with Crippen LogP contribution in [0.25, 0.3) is 0 Å². The van der Waals surface area contributed by atoms with Gasteiger partial charge in [0.05, 0.1) is 0 Å². The van der Waals surface area contributed by atoms with Gasteiger partial charge in [0.2, 0.25) is 0 Å². The summed E-state index contributed by atoms with van der Waals surface area (Å²) < 4.78 is 0. The number of hydrogen-bond donors (Lipinski definition) is 0. The van der Waals surface area contributed by atoms with Gasteiger partial charge < -0.3 is 0 Å². The van der Waals surface area contributed by atoms with E-state index in [4.69, 9.17) is 0 Å². The lowest BCUT2D eigenvalue weighted by Crippen LogP contribution is -2.64. The van der Waals surface area contributed by atoms with Crippen molar-refractivity contribution in [2.75, 3.05) is 21.1 Å². The maximum Gasteiger partial charge on any atom is 0.150 e. The van der Waals surface area contributed by atoms with E-state index in [-0.39, 0.29) is 33.2 Å². The van der Waals surface area contributed by atoms with Crippen LogP contribution in [0.1, 0.15) is 122 Å². The van der Waals surface area contributed by atoms with Gasteiger partial charge in [0.25, 0.3) is 0 Å². The molecule has 4 heteroatoms. The zero-order valence-electron chi connectivity index (χ0n) is 25.9. The molecule has 3 rings (SSSR count). The summed E-state index contributed by atoms with van der Waals surface area (Å²) >= 11 is 0. The number of hydrogen-bond acceptors (Lipinski definition) is 3. The molecule has 0 aliphatic carbocycles. The highest BCUT2D eigenvalue weighted by Crippen LogP contribution is 2.57. The minimum Gasteiger partial charge on any atom is -0.296 e. The van der Waals surface area contributed by atoms with E-state index in [9.17, 15) is 0 Å². The van der Waals surface area contributed by atoms with Gasteiger partial charge in [-0.3, -0.25) is 14.7 Å². The Kier molecular flexibility index (Phi) is 7.12. The minimum atomic E-state index is 0.248. The van der Waals surface area contributed by atoms with Crippen LogP contribution in [0.4, 0.5) is 0 Å². The topological polar surface area (TPSA) is 9.72 Å². The third-order valence-electron chi connectivity index (χ3n) is 11.7. The number of piperidine rings is 3. The van der Waals surface area contributed by atoms with E-state index in [1.54, 1.807) is 0 Å². The Hall–Kier alpha value is -0.0551. The zero-order valence-corrected chi connectivity index (χ0v) is 25.9. The summed E-state index contributed by atoms with van der Waals surface area (Å²) in [5.74, 6) is 2.38. The second kappa shape index (κ2) is 8.49. The highest BCUT2D eigenvalue weighted by molar-refractivity contribution is 6.64. The predicted molar refractivity (Wildman–Crippen MR) is 152 cm³/mol. The summed E-state index contributed by atoms with van der Waals surface area (Å²) in [6.45, 7) is 30.8. The molecule has 0 atom stereocenters. The Morgan fingerprint density at radius 2 is 0.529 bits per heavy atom. The molecule has 0 aromatic rings. The minimum absolute atomic E-state index is 0.248. The quantitative estimate of drug-likeness (QED) is 0.394. The fourth-order valence-electron chi connectivity index (χ4n) is 9.32. The molecule has 3 fully saturated rings. The van der Waals surface area contributed by atoms with E-state index in [2.05, 4.69) is 119 Å². The molecule has 0 spiro atoms. The van der Waals surface area contributed by atoms with Crippen LogP contribution in [-0.2, 0) is 0 Å². The summed E-state index contributed by atoms with van der Waals surface area (Å²) in [5, 5.41) is 0. The van der Waals surface area contributed by atoms with Crippen LogP contribution in [0.3, 0.4) is 0 Å². The predicted octanol–water partition coefficient (Wildman–Crippen LogP) is 7.44. The molecule has 0 unspecified atom stereocenters. The Labute approximate surface area is 214 Å². The molecule has 0 amide bonds. The first-order valence-electron chi connectivity index (χ1n) is 14.3. The number of nitrogens with zero attached hydrogens (tertiary/aromatic N) is 3. The molecule has 0 aromatic carbocycles. The van der Waals surface area contributed by atoms with E-state index in [1.807, 2.05) is 0 Å². The van der Waals surface area contributed by atoms with Crippen molar-refractivity contribution >= 4 is 6.71 Å². The SMILES string of the molecule is CN1C(C)(C)CC(B(C2CC(C)(C)N(C)C(C)(C)C2)C2CC(C)(C)N(C)C(C)(C)C2)CC1(C)C. The number of likely N-dealkylation sites (tertiary alicyclic amines) is 3. The van der Waals surface area contributed by atoms with Crippen molar-refractivity contribution in [2.45, 2.75) is 172 Å². The van der Waals surface area contributed by atoms with Gasteiger partial charge in [-0.15, -0.1) is 0 Å². The lowest BCUT2D eigenvalue weighted by atomic mass is 9.22. The average molecular weight is 474 g/mol. The molecular formula is C30H60BN3. The molecule has 198 valence electrons. The Bertz CT molecular complexity index is 596. The molecule has 0 radical (unpaired) electrons. The van der Waals surface area contributed by atoms with Gasteiger partial charge in [-0.25, -0.2) is 0 Å². The monoisotopic (exact) mass is 473 g/mol. The lowest BCUT2D eigenvalue weighted by molar-refractivity contribution is -0.0168. The van der Waals surface area contributed by atoms with E-state index < -0.39 is 0 Å². The first-order valence-corrected chi connectivity index (χ1v) is 14.3. The Morgan fingerprint density at radius 1 is 0.382 bits per heavy atom. The molecule has 0 aromatic heterocycles. The third-order valence-corrected chi connectivity index (χ3v) is 11.7. The maximum absolute atomic E-state index is 2.68. The van der Waals surface area contributed by atoms with Crippen LogP contribution in [0.5, 0.6) is 0 Å². The molecule has 3 aliphatic rings. The van der Waals surface area contributed by atoms with Crippen molar-refractivity contribution in [3.8, 4) is 0 Å². The van der Waals surface area contributed by atoms with Crippen molar-refractivity contribution in [3.63, 3.8) is 0 Å². The van der Waals surface area contributed by atoms with Crippen LogP contribution >= 0.6 is 0 Å². The molecule has 0 N–H and O–H groups in total. The highest BCUT2D eigenvalue weighted by Gasteiger charge is 2.56. The van der Waals surface area contributed by atoms with Crippen molar-refractivity contribution in [1.29, 1.82) is 0 Å². The average Bonchev–Trinajstić information content (AvgIpc) is 2.61. The van der Waals surface area contributed by atoms with Gasteiger partial charge in [-0.05, 0) is 143 Å². The van der Waals surface area contributed by atoms with Gasteiger partial charge >= 0.3 is 0 Å². The molecular weight excluding hydrogens is 413 g/mol. The third kappa shape index (κ3) is 5.04. The summed E-state index contributed by atoms with van der Waals surface area (Å²) in [5.41, 5.74) is 1.49. The van der Waals surface area contributed by atoms with Crippen molar-refractivity contribution in [1.82, 2.24) is 14.7 Å². The second-order valence-corrected chi connectivity index (χ2v) is 16.6. The van der Waals surface area contributed by atoms with Gasteiger partial charge in [-0.1, -0.05) is 17.5 Å². The molecule has 34 heavy (non-hydrogen) atoms. The van der Waals surface area contributed by atoms with Crippen LogP contribution in [0.2, 0.25) is 17.5 Å². The zero-order chi connectivity index (χ0) is 26.3. The molecule has 0 saturated carbocycles. The van der Waals surface area contributed by atoms with E-state index in [0.717, 1.165) is 24.2 Å². The fraction of sp³-hybridized carbons (Fsp3) is 1.00. The smallest absolute Gasteiger partial charge is 0.150 e. The Balaban J connectivity index is 2.08. The van der Waals surface area contributed by atoms with Crippen LogP contribution in [-0.4, -0.2) is 75.8 Å². The Morgan fingerprint density at radius 3 is 0.676 bits per heavy atom. The molecule has 3 heterocycles. The first kappa shape index (κ1) is 28.5. The molecule has 3 nitrogen and oxygen atoms in total. The van der Waals surface area contributed by atoms with Gasteiger partial charge in [0, 0.05) is 33.2 Å². The molecule has 0 bridgehead atoms. The first-order chi connectivity index (χ1) is 15.0. The normalized spacial score (nSPS) is 32.6. The highest BCUT2D eigenvalue weighted by atomic mass is 15.2. The van der Waals surface area contributed by atoms with Gasteiger partial charge in [-0.2, -0.15) is 0 Å². The van der Waals surface area contributed by atoms with Crippen molar-refractivity contribution < 1.29 is 0 Å². The largest absolute Gasteiger partial charge is 0.296 e. The standard InChI is InChI=1S/C30H60BN3/c1-25(2)16-22(17-26(3,4)32(25)13)31(23-18-27(5,6)33(14)28(7,8)19-23)24-20-29(9,10)34(15)30(11,12)21-24/h22-24H,16-21H2,1-15H3. The summed E-state index contributed by atoms with van der Waals surface area (Å²) in [7, 11) is 7.11. The summed E-state index contributed by atoms with van der Waals surface area (Å²) in [4.78, 5) is 8.04. The van der Waals surface area contributed by atoms with Crippen molar-refractivity contribution in [2.24, 2.45) is 0 Å². The fourth-order valence-corrected chi connectivity index (χ4v) is 9.32. The van der Waals surface area contributed by atoms with E-state index >= 15 is 0 Å². The number of rotatable bonds is 3.